The Balaban J connectivity index is 3.10. The van der Waals surface area contributed by atoms with Crippen LogP contribution >= 0.6 is 34.2 Å². The molecule has 1 aromatic carbocycles. The van der Waals surface area contributed by atoms with Crippen LogP contribution in [0.25, 0.3) is 0 Å². The first-order valence-corrected chi connectivity index (χ1v) is 5.07. The molecule has 0 spiro atoms. The quantitative estimate of drug-likeness (QED) is 0.597. The van der Waals surface area contributed by atoms with E-state index in [1.54, 1.807) is 7.11 Å². The van der Waals surface area contributed by atoms with Crippen LogP contribution in [0.1, 0.15) is 5.56 Å². The fraction of sp³-hybridized carbons (Fsp3) is 0.250. The summed E-state index contributed by atoms with van der Waals surface area (Å²) in [6.07, 6.45) is 0. The van der Waals surface area contributed by atoms with E-state index in [-0.39, 0.29) is 0 Å². The number of rotatable bonds is 2. The summed E-state index contributed by atoms with van der Waals surface area (Å²) in [7, 11) is 1.62. The molecule has 0 aliphatic rings. The van der Waals surface area contributed by atoms with Crippen LogP contribution in [-0.2, 0) is 4.43 Å². The number of alkyl halides is 1. The van der Waals surface area contributed by atoms with E-state index in [0.717, 1.165) is 20.8 Å². The normalized spacial score (nSPS) is 9.73. The van der Waals surface area contributed by atoms with Gasteiger partial charge in [0.15, 0.2) is 0 Å². The lowest BCUT2D eigenvalue weighted by Gasteiger charge is -2.04. The highest BCUT2D eigenvalue weighted by Gasteiger charge is 2.03. The van der Waals surface area contributed by atoms with Gasteiger partial charge in [-0.25, -0.2) is 0 Å². The van der Waals surface area contributed by atoms with Gasteiger partial charge in [-0.05, 0) is 11.6 Å². The standard InChI is InChI=1S/C8H8ClIO/c1-11-7-4-2-3-6(5-10)8(7)9/h2-4H,5H2,1H3. The summed E-state index contributed by atoms with van der Waals surface area (Å²) in [6, 6.07) is 5.80. The summed E-state index contributed by atoms with van der Waals surface area (Å²) in [4.78, 5) is 0. The molecule has 0 heterocycles. The fourth-order valence-corrected chi connectivity index (χ4v) is 1.95. The second kappa shape index (κ2) is 4.16. The molecule has 1 aromatic rings. The third-order valence-electron chi connectivity index (χ3n) is 1.41. The Bertz CT molecular complexity index is 228. The predicted molar refractivity (Wildman–Crippen MR) is 55.7 cm³/mol. The van der Waals surface area contributed by atoms with Crippen LogP contribution in [0.5, 0.6) is 5.75 Å². The van der Waals surface area contributed by atoms with Crippen LogP contribution in [0.2, 0.25) is 5.02 Å². The van der Waals surface area contributed by atoms with Crippen molar-refractivity contribution in [1.29, 1.82) is 0 Å². The topological polar surface area (TPSA) is 9.23 Å². The Hall–Kier alpha value is 0.0400. The predicted octanol–water partition coefficient (Wildman–Crippen LogP) is 3.28. The van der Waals surface area contributed by atoms with E-state index in [0.29, 0.717) is 0 Å². The maximum absolute atomic E-state index is 5.98. The smallest absolute Gasteiger partial charge is 0.137 e. The molecule has 1 nitrogen and oxygen atoms in total. The summed E-state index contributed by atoms with van der Waals surface area (Å²) in [5.41, 5.74) is 1.12. The minimum Gasteiger partial charge on any atom is -0.495 e. The van der Waals surface area contributed by atoms with Gasteiger partial charge < -0.3 is 4.74 Å². The van der Waals surface area contributed by atoms with Crippen LogP contribution in [0.4, 0.5) is 0 Å². The molecule has 0 aliphatic heterocycles. The van der Waals surface area contributed by atoms with Crippen molar-refractivity contribution in [2.75, 3.05) is 7.11 Å². The van der Waals surface area contributed by atoms with E-state index < -0.39 is 0 Å². The molecule has 0 atom stereocenters. The largest absolute Gasteiger partial charge is 0.495 e. The summed E-state index contributed by atoms with van der Waals surface area (Å²) in [5.74, 6) is 0.751. The van der Waals surface area contributed by atoms with E-state index in [4.69, 9.17) is 16.3 Å². The van der Waals surface area contributed by atoms with Crippen molar-refractivity contribution in [3.05, 3.63) is 28.8 Å². The molecule has 0 bridgehead atoms. The first-order chi connectivity index (χ1) is 5.29. The van der Waals surface area contributed by atoms with Gasteiger partial charge >= 0.3 is 0 Å². The lowest BCUT2D eigenvalue weighted by Crippen LogP contribution is -1.86. The second-order valence-electron chi connectivity index (χ2n) is 2.07. The third-order valence-corrected chi connectivity index (χ3v) is 2.66. The van der Waals surface area contributed by atoms with Crippen molar-refractivity contribution >= 4 is 34.2 Å². The number of benzene rings is 1. The molecular weight excluding hydrogens is 274 g/mol. The third kappa shape index (κ3) is 1.99. The molecule has 0 aromatic heterocycles. The highest BCUT2D eigenvalue weighted by molar-refractivity contribution is 14.1. The molecule has 1 rings (SSSR count). The Morgan fingerprint density at radius 3 is 2.82 bits per heavy atom. The van der Waals surface area contributed by atoms with E-state index in [1.165, 1.54) is 0 Å². The van der Waals surface area contributed by atoms with Gasteiger partial charge in [-0.1, -0.05) is 46.3 Å². The number of ether oxygens (including phenoxy) is 1. The number of halogens is 2. The van der Waals surface area contributed by atoms with E-state index in [1.807, 2.05) is 18.2 Å². The van der Waals surface area contributed by atoms with Gasteiger partial charge in [0.25, 0.3) is 0 Å². The van der Waals surface area contributed by atoms with Crippen molar-refractivity contribution in [2.45, 2.75) is 4.43 Å². The van der Waals surface area contributed by atoms with Crippen LogP contribution in [0.3, 0.4) is 0 Å². The van der Waals surface area contributed by atoms with Crippen molar-refractivity contribution in [1.82, 2.24) is 0 Å². The minimum absolute atomic E-state index is 0.726. The summed E-state index contributed by atoms with van der Waals surface area (Å²) in [6.45, 7) is 0. The molecule has 0 aliphatic carbocycles. The maximum Gasteiger partial charge on any atom is 0.137 e. The van der Waals surface area contributed by atoms with E-state index in [2.05, 4.69) is 22.6 Å². The van der Waals surface area contributed by atoms with Crippen molar-refractivity contribution in [3.63, 3.8) is 0 Å². The average Bonchev–Trinajstić information content (AvgIpc) is 2.05. The molecule has 3 heteroatoms. The van der Waals surface area contributed by atoms with E-state index in [9.17, 15) is 0 Å². The number of methoxy groups -OCH3 is 1. The van der Waals surface area contributed by atoms with Crippen LogP contribution in [0.15, 0.2) is 18.2 Å². The molecule has 0 radical (unpaired) electrons. The Labute approximate surface area is 84.8 Å². The first-order valence-electron chi connectivity index (χ1n) is 3.17. The summed E-state index contributed by atoms with van der Waals surface area (Å²) >= 11 is 8.25. The molecule has 0 unspecified atom stereocenters. The monoisotopic (exact) mass is 282 g/mol. The molecular formula is C8H8ClIO. The molecule has 0 fully saturated rings. The first kappa shape index (κ1) is 9.13. The average molecular weight is 283 g/mol. The lowest BCUT2D eigenvalue weighted by molar-refractivity contribution is 0.414. The minimum atomic E-state index is 0.726. The van der Waals surface area contributed by atoms with Gasteiger partial charge in [0.2, 0.25) is 0 Å². The van der Waals surface area contributed by atoms with Gasteiger partial charge in [-0.2, -0.15) is 0 Å². The Kier molecular flexibility index (Phi) is 3.45. The number of hydrogen-bond donors (Lipinski definition) is 0. The maximum atomic E-state index is 5.98. The van der Waals surface area contributed by atoms with Gasteiger partial charge in [-0.15, -0.1) is 0 Å². The highest BCUT2D eigenvalue weighted by Crippen LogP contribution is 2.28. The molecule has 0 amide bonds. The van der Waals surface area contributed by atoms with Gasteiger partial charge in [-0.3, -0.25) is 0 Å². The fourth-order valence-electron chi connectivity index (χ4n) is 0.817. The highest BCUT2D eigenvalue weighted by atomic mass is 127. The number of hydrogen-bond acceptors (Lipinski definition) is 1. The van der Waals surface area contributed by atoms with Crippen LogP contribution in [0, 0.1) is 0 Å². The van der Waals surface area contributed by atoms with Crippen molar-refractivity contribution in [3.8, 4) is 5.75 Å². The van der Waals surface area contributed by atoms with Crippen LogP contribution in [-0.4, -0.2) is 7.11 Å². The van der Waals surface area contributed by atoms with Gasteiger partial charge in [0, 0.05) is 4.43 Å². The molecule has 11 heavy (non-hydrogen) atoms. The summed E-state index contributed by atoms with van der Waals surface area (Å²) in [5, 5.41) is 0.726. The molecule has 0 saturated heterocycles. The lowest BCUT2D eigenvalue weighted by atomic mass is 10.2. The second-order valence-corrected chi connectivity index (χ2v) is 3.21. The Morgan fingerprint density at radius 2 is 2.27 bits per heavy atom. The molecule has 0 N–H and O–H groups in total. The molecule has 0 saturated carbocycles. The van der Waals surface area contributed by atoms with Crippen molar-refractivity contribution < 1.29 is 4.74 Å². The zero-order valence-corrected chi connectivity index (χ0v) is 9.02. The van der Waals surface area contributed by atoms with Crippen LogP contribution < -0.4 is 4.74 Å². The summed E-state index contributed by atoms with van der Waals surface area (Å²) < 4.78 is 5.96. The Morgan fingerprint density at radius 1 is 1.55 bits per heavy atom. The van der Waals surface area contributed by atoms with Gasteiger partial charge in [0.05, 0.1) is 12.1 Å². The zero-order chi connectivity index (χ0) is 8.27. The van der Waals surface area contributed by atoms with Gasteiger partial charge in [0.1, 0.15) is 5.75 Å². The molecule has 60 valence electrons. The zero-order valence-electron chi connectivity index (χ0n) is 6.10. The SMILES string of the molecule is COc1cccc(CI)c1Cl. The van der Waals surface area contributed by atoms with E-state index >= 15 is 0 Å². The van der Waals surface area contributed by atoms with Crippen molar-refractivity contribution in [2.24, 2.45) is 0 Å².